The third-order valence-corrected chi connectivity index (χ3v) is 3.55. The van der Waals surface area contributed by atoms with Gasteiger partial charge in [0.1, 0.15) is 10.7 Å². The Hall–Kier alpha value is -1.00. The average Bonchev–Trinajstić information content (AvgIpc) is 3.19. The van der Waals surface area contributed by atoms with E-state index < -0.39 is 0 Å². The van der Waals surface area contributed by atoms with Crippen LogP contribution in [0.3, 0.4) is 0 Å². The summed E-state index contributed by atoms with van der Waals surface area (Å²) in [6.45, 7) is 4.31. The van der Waals surface area contributed by atoms with Crippen molar-refractivity contribution in [2.45, 2.75) is 45.2 Å². The highest BCUT2D eigenvalue weighted by Gasteiger charge is 2.28. The highest BCUT2D eigenvalue weighted by atomic mass is 32.1. The molecule has 0 aromatic carbocycles. The molecule has 4 heteroatoms. The van der Waals surface area contributed by atoms with Gasteiger partial charge in [-0.25, -0.2) is 0 Å². The molecular weight excluding hydrogens is 242 g/mol. The SMILES string of the molecule is CCCCN(Cc1cccnc1C(N)=S)C1CC1. The predicted octanol–water partition coefficient (Wildman–Crippen LogP) is 2.48. The fraction of sp³-hybridized carbons (Fsp3) is 0.571. The standard InChI is InChI=1S/C14H21N3S/c1-2-3-9-17(12-6-7-12)10-11-5-4-8-16-13(11)14(15)18/h4-5,8,12H,2-3,6-7,9-10H2,1H3,(H2,15,18). The van der Waals surface area contributed by atoms with Crippen LogP contribution in [0.15, 0.2) is 18.3 Å². The van der Waals surface area contributed by atoms with E-state index in [2.05, 4.69) is 22.9 Å². The van der Waals surface area contributed by atoms with E-state index in [1.54, 1.807) is 6.20 Å². The van der Waals surface area contributed by atoms with Crippen molar-refractivity contribution in [3.05, 3.63) is 29.6 Å². The van der Waals surface area contributed by atoms with Gasteiger partial charge in [-0.05, 0) is 37.4 Å². The minimum absolute atomic E-state index is 0.400. The Kier molecular flexibility index (Phi) is 4.66. The molecule has 98 valence electrons. The first-order valence-corrected chi connectivity index (χ1v) is 7.11. The summed E-state index contributed by atoms with van der Waals surface area (Å²) < 4.78 is 0. The molecular formula is C14H21N3S. The third kappa shape index (κ3) is 3.50. The van der Waals surface area contributed by atoms with E-state index in [1.165, 1.54) is 25.7 Å². The van der Waals surface area contributed by atoms with E-state index >= 15 is 0 Å². The second kappa shape index (κ2) is 6.25. The first-order valence-electron chi connectivity index (χ1n) is 6.70. The van der Waals surface area contributed by atoms with Crippen molar-refractivity contribution < 1.29 is 0 Å². The topological polar surface area (TPSA) is 42.2 Å². The van der Waals surface area contributed by atoms with E-state index in [4.69, 9.17) is 18.0 Å². The van der Waals surface area contributed by atoms with E-state index in [-0.39, 0.29) is 0 Å². The first-order chi connectivity index (χ1) is 8.72. The minimum Gasteiger partial charge on any atom is -0.388 e. The Morgan fingerprint density at radius 3 is 2.94 bits per heavy atom. The van der Waals surface area contributed by atoms with Crippen LogP contribution in [0.25, 0.3) is 0 Å². The quantitative estimate of drug-likeness (QED) is 0.767. The average molecular weight is 263 g/mol. The highest BCUT2D eigenvalue weighted by Crippen LogP contribution is 2.28. The molecule has 1 aromatic heterocycles. The molecule has 1 aliphatic carbocycles. The van der Waals surface area contributed by atoms with Gasteiger partial charge in [0.25, 0.3) is 0 Å². The van der Waals surface area contributed by atoms with Gasteiger partial charge in [0.15, 0.2) is 0 Å². The van der Waals surface area contributed by atoms with Crippen LogP contribution in [-0.4, -0.2) is 27.5 Å². The van der Waals surface area contributed by atoms with Crippen molar-refractivity contribution in [1.29, 1.82) is 0 Å². The summed E-state index contributed by atoms with van der Waals surface area (Å²) in [5.41, 5.74) is 7.68. The molecule has 0 spiro atoms. The Morgan fingerprint density at radius 1 is 1.56 bits per heavy atom. The lowest BCUT2D eigenvalue weighted by Gasteiger charge is -2.22. The molecule has 1 aromatic rings. The highest BCUT2D eigenvalue weighted by molar-refractivity contribution is 7.80. The number of aromatic nitrogens is 1. The summed E-state index contributed by atoms with van der Waals surface area (Å²) in [5, 5.41) is 0. The van der Waals surface area contributed by atoms with E-state index in [0.717, 1.165) is 30.4 Å². The predicted molar refractivity (Wildman–Crippen MR) is 78.5 cm³/mol. The minimum atomic E-state index is 0.400. The van der Waals surface area contributed by atoms with Crippen molar-refractivity contribution in [2.24, 2.45) is 5.73 Å². The molecule has 0 amide bonds. The summed E-state index contributed by atoms with van der Waals surface area (Å²) in [6, 6.07) is 4.81. The number of hydrogen-bond donors (Lipinski definition) is 1. The second-order valence-electron chi connectivity index (χ2n) is 4.93. The molecule has 0 radical (unpaired) electrons. The van der Waals surface area contributed by atoms with Gasteiger partial charge in [-0.15, -0.1) is 0 Å². The van der Waals surface area contributed by atoms with Gasteiger partial charge in [0.05, 0.1) is 0 Å². The zero-order chi connectivity index (χ0) is 13.0. The van der Waals surface area contributed by atoms with E-state index in [1.807, 2.05) is 6.07 Å². The first kappa shape index (κ1) is 13.4. The molecule has 1 saturated carbocycles. The maximum absolute atomic E-state index is 5.73. The van der Waals surface area contributed by atoms with E-state index in [9.17, 15) is 0 Å². The van der Waals surface area contributed by atoms with Gasteiger partial charge in [-0.2, -0.15) is 0 Å². The second-order valence-corrected chi connectivity index (χ2v) is 5.37. The molecule has 18 heavy (non-hydrogen) atoms. The molecule has 2 N–H and O–H groups in total. The third-order valence-electron chi connectivity index (χ3n) is 3.36. The van der Waals surface area contributed by atoms with Gasteiger partial charge < -0.3 is 5.73 Å². The Balaban J connectivity index is 2.08. The van der Waals surface area contributed by atoms with E-state index in [0.29, 0.717) is 4.99 Å². The Labute approximate surface area is 114 Å². The summed E-state index contributed by atoms with van der Waals surface area (Å²) in [4.78, 5) is 7.24. The van der Waals surface area contributed by atoms with Crippen LogP contribution in [-0.2, 0) is 6.54 Å². The normalized spacial score (nSPS) is 15.0. The molecule has 0 bridgehead atoms. The van der Waals surface area contributed by atoms with Crippen LogP contribution in [0.2, 0.25) is 0 Å². The number of nitrogens with zero attached hydrogens (tertiary/aromatic N) is 2. The van der Waals surface area contributed by atoms with Crippen LogP contribution in [0, 0.1) is 0 Å². The Bertz CT molecular complexity index is 415. The molecule has 1 aliphatic rings. The summed E-state index contributed by atoms with van der Waals surface area (Å²) in [5.74, 6) is 0. The smallest absolute Gasteiger partial charge is 0.123 e. The maximum Gasteiger partial charge on any atom is 0.123 e. The van der Waals surface area contributed by atoms with Crippen molar-refractivity contribution in [3.63, 3.8) is 0 Å². The lowest BCUT2D eigenvalue weighted by Crippen LogP contribution is -2.28. The number of thiocarbonyl (C=S) groups is 1. The van der Waals surface area contributed by atoms with Crippen molar-refractivity contribution in [1.82, 2.24) is 9.88 Å². The van der Waals surface area contributed by atoms with Crippen LogP contribution >= 0.6 is 12.2 Å². The van der Waals surface area contributed by atoms with Crippen molar-refractivity contribution in [3.8, 4) is 0 Å². The molecule has 0 unspecified atom stereocenters. The zero-order valence-corrected chi connectivity index (χ0v) is 11.7. The van der Waals surface area contributed by atoms with Crippen LogP contribution in [0.4, 0.5) is 0 Å². The monoisotopic (exact) mass is 263 g/mol. The molecule has 0 atom stereocenters. The lowest BCUT2D eigenvalue weighted by atomic mass is 10.1. The molecule has 3 nitrogen and oxygen atoms in total. The van der Waals surface area contributed by atoms with Gasteiger partial charge in [-0.1, -0.05) is 31.6 Å². The van der Waals surface area contributed by atoms with Gasteiger partial charge in [0, 0.05) is 18.8 Å². The molecule has 0 aliphatic heterocycles. The summed E-state index contributed by atoms with van der Waals surface area (Å²) in [6.07, 6.45) is 6.89. The largest absolute Gasteiger partial charge is 0.388 e. The van der Waals surface area contributed by atoms with Gasteiger partial charge in [0.2, 0.25) is 0 Å². The molecule has 1 fully saturated rings. The maximum atomic E-state index is 5.73. The molecule has 1 heterocycles. The fourth-order valence-electron chi connectivity index (χ4n) is 2.20. The number of pyridine rings is 1. The van der Waals surface area contributed by atoms with Gasteiger partial charge >= 0.3 is 0 Å². The van der Waals surface area contributed by atoms with Crippen LogP contribution in [0.1, 0.15) is 43.9 Å². The van der Waals surface area contributed by atoms with Gasteiger partial charge in [-0.3, -0.25) is 9.88 Å². The zero-order valence-electron chi connectivity index (χ0n) is 10.9. The lowest BCUT2D eigenvalue weighted by molar-refractivity contribution is 0.250. The number of unbranched alkanes of at least 4 members (excludes halogenated alkanes) is 1. The fourth-order valence-corrected chi connectivity index (χ4v) is 2.38. The number of rotatable bonds is 7. The van der Waals surface area contributed by atoms with Crippen LogP contribution in [0.5, 0.6) is 0 Å². The molecule has 2 rings (SSSR count). The van der Waals surface area contributed by atoms with Crippen molar-refractivity contribution in [2.75, 3.05) is 6.54 Å². The summed E-state index contributed by atoms with van der Waals surface area (Å²) in [7, 11) is 0. The number of hydrogen-bond acceptors (Lipinski definition) is 3. The Morgan fingerprint density at radius 2 is 2.33 bits per heavy atom. The molecule has 0 saturated heterocycles. The number of nitrogens with two attached hydrogens (primary N) is 1. The van der Waals surface area contributed by atoms with Crippen LogP contribution < -0.4 is 5.73 Å². The summed E-state index contributed by atoms with van der Waals surface area (Å²) >= 11 is 5.07. The van der Waals surface area contributed by atoms with Crippen molar-refractivity contribution >= 4 is 17.2 Å².